The average Bonchev–Trinajstić information content (AvgIpc) is 2.98. The van der Waals surface area contributed by atoms with Gasteiger partial charge in [0.05, 0.1) is 12.1 Å². The van der Waals surface area contributed by atoms with Crippen molar-refractivity contribution in [2.75, 3.05) is 13.6 Å². The summed E-state index contributed by atoms with van der Waals surface area (Å²) in [5.74, 6) is -10.5. The number of halogens is 6. The van der Waals surface area contributed by atoms with E-state index >= 15 is 0 Å². The van der Waals surface area contributed by atoms with Crippen LogP contribution in [0.3, 0.4) is 0 Å². The SMILES string of the molecule is CN1C(=O)[C@H](C[C@@H](O)CN)NC(=O)[C@@H](N)Cc2cc(ccc2OC(=O)C(F)(F)F)-c2ccc(OC(=O)C(F)(F)F)c(c2)C[C@H]1C(=O)O. The van der Waals surface area contributed by atoms with Gasteiger partial charge < -0.3 is 41.4 Å². The predicted octanol–water partition coefficient (Wildman–Crippen LogP) is 0.821. The van der Waals surface area contributed by atoms with Crippen LogP contribution < -0.4 is 26.3 Å². The summed E-state index contributed by atoms with van der Waals surface area (Å²) in [6.45, 7) is -0.404. The fourth-order valence-corrected chi connectivity index (χ4v) is 4.55. The highest BCUT2D eigenvalue weighted by molar-refractivity contribution is 5.92. The molecule has 3 rings (SSSR count). The summed E-state index contributed by atoms with van der Waals surface area (Å²) < 4.78 is 87.1. The van der Waals surface area contributed by atoms with E-state index in [9.17, 15) is 60.5 Å². The maximum atomic E-state index is 13.5. The molecule has 0 saturated heterocycles. The van der Waals surface area contributed by atoms with E-state index in [2.05, 4.69) is 14.8 Å². The molecule has 2 amide bonds. The van der Waals surface area contributed by atoms with E-state index in [0.29, 0.717) is 4.90 Å². The molecule has 19 heteroatoms. The molecular formula is C28H28F6N4O9. The van der Waals surface area contributed by atoms with Crippen molar-refractivity contribution in [3.63, 3.8) is 0 Å². The first-order chi connectivity index (χ1) is 21.7. The number of likely N-dealkylation sites (N-methyl/N-ethyl adjacent to an activating group) is 1. The van der Waals surface area contributed by atoms with Gasteiger partial charge in [0.15, 0.2) is 0 Å². The molecule has 13 nitrogen and oxygen atoms in total. The lowest BCUT2D eigenvalue weighted by Crippen LogP contribution is -2.56. The second-order valence-corrected chi connectivity index (χ2v) is 10.4. The van der Waals surface area contributed by atoms with Crippen LogP contribution >= 0.6 is 0 Å². The van der Waals surface area contributed by atoms with Gasteiger partial charge >= 0.3 is 30.3 Å². The number of fused-ring (bicyclic) bond motifs is 5. The van der Waals surface area contributed by atoms with E-state index in [1.807, 2.05) is 0 Å². The third-order valence-electron chi connectivity index (χ3n) is 7.01. The standard InChI is InChI=1S/C28H28F6N4O9/c1-38-19(24(42)43)9-15-7-13(3-5-21(15)47-26(45)28(32,33)34)12-2-4-20(46-25(44)27(29,30)31)14(6-12)8-17(36)22(40)37-18(23(38)41)10-16(39)11-35/h2-7,16-19,39H,8-11,35-36H2,1H3,(H,37,40)(H,42,43)/t16-,17+,18+,19+/m1/s1. The van der Waals surface area contributed by atoms with E-state index in [0.717, 1.165) is 43.4 Å². The number of benzene rings is 2. The molecule has 2 aromatic carbocycles. The molecule has 0 spiro atoms. The third-order valence-corrected chi connectivity index (χ3v) is 7.01. The Labute approximate surface area is 261 Å². The number of alkyl halides is 6. The van der Waals surface area contributed by atoms with Crippen LogP contribution in [0.2, 0.25) is 0 Å². The van der Waals surface area contributed by atoms with Gasteiger partial charge in [0.1, 0.15) is 23.6 Å². The van der Waals surface area contributed by atoms with Crippen molar-refractivity contribution in [1.29, 1.82) is 0 Å². The Balaban J connectivity index is 2.26. The van der Waals surface area contributed by atoms with Gasteiger partial charge in [-0.25, -0.2) is 14.4 Å². The minimum Gasteiger partial charge on any atom is -0.480 e. The maximum Gasteiger partial charge on any atom is 0.491 e. The number of hydrogen-bond donors (Lipinski definition) is 5. The van der Waals surface area contributed by atoms with E-state index < -0.39 is 104 Å². The summed E-state index contributed by atoms with van der Waals surface area (Å²) in [4.78, 5) is 62.9. The fourth-order valence-electron chi connectivity index (χ4n) is 4.55. The topological polar surface area (TPSA) is 212 Å². The number of nitrogens with zero attached hydrogens (tertiary/aromatic N) is 1. The number of aliphatic carboxylic acids is 1. The lowest BCUT2D eigenvalue weighted by Gasteiger charge is -2.31. The zero-order valence-corrected chi connectivity index (χ0v) is 24.2. The van der Waals surface area contributed by atoms with Crippen LogP contribution in [0.4, 0.5) is 26.3 Å². The molecule has 47 heavy (non-hydrogen) atoms. The number of esters is 2. The summed E-state index contributed by atoms with van der Waals surface area (Å²) in [5.41, 5.74) is 11.1. The third kappa shape index (κ3) is 9.17. The number of hydrogen-bond acceptors (Lipinski definition) is 10. The first kappa shape index (κ1) is 36.7. The van der Waals surface area contributed by atoms with Gasteiger partial charge in [0, 0.05) is 32.9 Å². The van der Waals surface area contributed by atoms with E-state index in [-0.39, 0.29) is 22.3 Å². The highest BCUT2D eigenvalue weighted by Crippen LogP contribution is 2.34. The highest BCUT2D eigenvalue weighted by Gasteiger charge is 2.43. The summed E-state index contributed by atoms with van der Waals surface area (Å²) >= 11 is 0. The molecule has 0 unspecified atom stereocenters. The number of amides is 2. The second kappa shape index (κ2) is 14.3. The van der Waals surface area contributed by atoms with Crippen molar-refractivity contribution in [2.24, 2.45) is 11.5 Å². The van der Waals surface area contributed by atoms with Gasteiger partial charge in [-0.3, -0.25) is 9.59 Å². The second-order valence-electron chi connectivity index (χ2n) is 10.4. The number of ether oxygens (including phenoxy) is 2. The smallest absolute Gasteiger partial charge is 0.480 e. The summed E-state index contributed by atoms with van der Waals surface area (Å²) in [6.07, 6.45) is -14.2. The normalized spacial score (nSPS) is 20.0. The number of aliphatic hydroxyl groups is 1. The number of carboxylic acid groups (broad SMARTS) is 1. The molecule has 0 radical (unpaired) electrons. The Kier molecular flexibility index (Phi) is 11.2. The fraction of sp³-hybridized carbons (Fsp3) is 0.393. The number of carboxylic acids is 1. The number of rotatable bonds is 6. The van der Waals surface area contributed by atoms with Crippen molar-refractivity contribution in [1.82, 2.24) is 10.2 Å². The van der Waals surface area contributed by atoms with E-state index in [1.165, 1.54) is 0 Å². The molecule has 4 bridgehead atoms. The Morgan fingerprint density at radius 3 is 1.83 bits per heavy atom. The number of carbonyl (C=O) groups excluding carboxylic acids is 4. The van der Waals surface area contributed by atoms with Gasteiger partial charge in [-0.2, -0.15) is 26.3 Å². The van der Waals surface area contributed by atoms with Gasteiger partial charge in [-0.1, -0.05) is 12.1 Å². The first-order valence-electron chi connectivity index (χ1n) is 13.5. The molecule has 1 aliphatic rings. The lowest BCUT2D eigenvalue weighted by molar-refractivity contribution is -0.189. The number of carbonyl (C=O) groups is 5. The van der Waals surface area contributed by atoms with Crippen LogP contribution in [0.15, 0.2) is 36.4 Å². The van der Waals surface area contributed by atoms with Gasteiger partial charge in [0.2, 0.25) is 11.8 Å². The average molecular weight is 679 g/mol. The lowest BCUT2D eigenvalue weighted by atomic mass is 9.95. The molecule has 4 atom stereocenters. The zero-order valence-electron chi connectivity index (χ0n) is 24.2. The molecular weight excluding hydrogens is 650 g/mol. The first-order valence-corrected chi connectivity index (χ1v) is 13.5. The molecule has 2 aromatic rings. The Bertz CT molecular complexity index is 1550. The summed E-state index contributed by atoms with van der Waals surface area (Å²) in [5, 5.41) is 22.4. The number of aliphatic hydroxyl groups excluding tert-OH is 1. The molecule has 256 valence electrons. The Morgan fingerprint density at radius 2 is 1.40 bits per heavy atom. The van der Waals surface area contributed by atoms with Crippen molar-refractivity contribution in [3.05, 3.63) is 47.5 Å². The Morgan fingerprint density at radius 1 is 0.936 bits per heavy atom. The summed E-state index contributed by atoms with van der Waals surface area (Å²) in [6, 6.07) is 1.27. The minimum atomic E-state index is -5.45. The quantitative estimate of drug-likeness (QED) is 0.164. The van der Waals surface area contributed by atoms with Crippen LogP contribution in [0, 0.1) is 0 Å². The molecule has 1 heterocycles. The number of nitrogens with one attached hydrogen (secondary N) is 1. The molecule has 0 aliphatic carbocycles. The molecule has 0 fully saturated rings. The van der Waals surface area contributed by atoms with Gasteiger partial charge in [-0.15, -0.1) is 0 Å². The zero-order chi connectivity index (χ0) is 35.4. The van der Waals surface area contributed by atoms with Gasteiger partial charge in [0.25, 0.3) is 0 Å². The molecule has 1 aliphatic heterocycles. The van der Waals surface area contributed by atoms with Crippen LogP contribution in [-0.2, 0) is 36.8 Å². The minimum absolute atomic E-state index is 0.0942. The molecule has 7 N–H and O–H groups in total. The predicted molar refractivity (Wildman–Crippen MR) is 146 cm³/mol. The van der Waals surface area contributed by atoms with Crippen LogP contribution in [0.5, 0.6) is 11.5 Å². The van der Waals surface area contributed by atoms with Crippen molar-refractivity contribution < 1.29 is 70.0 Å². The van der Waals surface area contributed by atoms with Crippen molar-refractivity contribution in [3.8, 4) is 22.6 Å². The van der Waals surface area contributed by atoms with Crippen LogP contribution in [0.25, 0.3) is 11.1 Å². The molecule has 0 saturated carbocycles. The number of nitrogens with two attached hydrogens (primary N) is 2. The van der Waals surface area contributed by atoms with E-state index in [4.69, 9.17) is 11.5 Å². The monoisotopic (exact) mass is 678 g/mol. The van der Waals surface area contributed by atoms with E-state index in [1.54, 1.807) is 0 Å². The van der Waals surface area contributed by atoms with Crippen LogP contribution in [0.1, 0.15) is 17.5 Å². The summed E-state index contributed by atoms with van der Waals surface area (Å²) in [7, 11) is 1.00. The molecule has 0 aromatic heterocycles. The van der Waals surface area contributed by atoms with Crippen molar-refractivity contribution >= 4 is 29.7 Å². The Hall–Kier alpha value is -4.75. The highest BCUT2D eigenvalue weighted by atomic mass is 19.4. The maximum absolute atomic E-state index is 13.5. The largest absolute Gasteiger partial charge is 0.491 e. The van der Waals surface area contributed by atoms with Gasteiger partial charge in [-0.05, 0) is 46.5 Å². The van der Waals surface area contributed by atoms with Crippen LogP contribution in [-0.4, -0.2) is 95.0 Å². The van der Waals surface area contributed by atoms with Crippen molar-refractivity contribution in [2.45, 2.75) is 55.8 Å².